The van der Waals surface area contributed by atoms with Gasteiger partial charge < -0.3 is 16.4 Å². The van der Waals surface area contributed by atoms with Crippen LogP contribution in [-0.2, 0) is 4.79 Å². The second kappa shape index (κ2) is 6.00. The maximum absolute atomic E-state index is 11.5. The molecule has 0 bridgehead atoms. The van der Waals surface area contributed by atoms with E-state index in [4.69, 9.17) is 5.73 Å². The van der Waals surface area contributed by atoms with Crippen molar-refractivity contribution in [3.63, 3.8) is 0 Å². The molecular weight excluding hydrogens is 218 g/mol. The Balaban J connectivity index is 2.81. The van der Waals surface area contributed by atoms with Gasteiger partial charge in [-0.25, -0.2) is 0 Å². The standard InChI is InChI=1S/C12H17N3O2/c1-8-9(12(13)17)4-3-5-10(8)15-11(16)6-7-14-2/h3-5,14H,6-7H2,1-2H3,(H2,13,17)(H,15,16). The second-order valence-electron chi connectivity index (χ2n) is 3.74. The Morgan fingerprint density at radius 3 is 2.65 bits per heavy atom. The molecule has 0 heterocycles. The summed E-state index contributed by atoms with van der Waals surface area (Å²) < 4.78 is 0. The third kappa shape index (κ3) is 3.57. The van der Waals surface area contributed by atoms with Crippen molar-refractivity contribution in [1.29, 1.82) is 0 Å². The van der Waals surface area contributed by atoms with E-state index in [0.29, 0.717) is 29.8 Å². The van der Waals surface area contributed by atoms with Gasteiger partial charge in [-0.05, 0) is 31.7 Å². The number of amides is 2. The molecule has 17 heavy (non-hydrogen) atoms. The van der Waals surface area contributed by atoms with Gasteiger partial charge in [0.05, 0.1) is 0 Å². The number of hydrogen-bond donors (Lipinski definition) is 3. The lowest BCUT2D eigenvalue weighted by atomic mass is 10.1. The Kier molecular flexibility index (Phi) is 4.66. The normalized spacial score (nSPS) is 10.0. The van der Waals surface area contributed by atoms with Crippen molar-refractivity contribution in [2.75, 3.05) is 18.9 Å². The van der Waals surface area contributed by atoms with Gasteiger partial charge in [0, 0.05) is 24.2 Å². The van der Waals surface area contributed by atoms with Crippen LogP contribution in [-0.4, -0.2) is 25.4 Å². The maximum Gasteiger partial charge on any atom is 0.249 e. The number of carbonyl (C=O) groups excluding carboxylic acids is 2. The summed E-state index contributed by atoms with van der Waals surface area (Å²) in [5.41, 5.74) is 6.98. The number of hydrogen-bond acceptors (Lipinski definition) is 3. The van der Waals surface area contributed by atoms with Crippen LogP contribution in [0.1, 0.15) is 22.3 Å². The Labute approximate surface area is 100 Å². The summed E-state index contributed by atoms with van der Waals surface area (Å²) in [6.07, 6.45) is 0.386. The largest absolute Gasteiger partial charge is 0.366 e. The molecule has 0 fully saturated rings. The van der Waals surface area contributed by atoms with E-state index in [1.165, 1.54) is 0 Å². The average molecular weight is 235 g/mol. The highest BCUT2D eigenvalue weighted by Crippen LogP contribution is 2.18. The van der Waals surface area contributed by atoms with Gasteiger partial charge in [-0.2, -0.15) is 0 Å². The van der Waals surface area contributed by atoms with Gasteiger partial charge in [0.1, 0.15) is 0 Å². The number of benzene rings is 1. The first kappa shape index (κ1) is 13.2. The minimum atomic E-state index is -0.492. The molecule has 1 rings (SSSR count). The summed E-state index contributed by atoms with van der Waals surface area (Å²) in [6, 6.07) is 5.08. The number of anilines is 1. The molecule has 0 aliphatic rings. The number of primary amides is 1. The third-order valence-corrected chi connectivity index (χ3v) is 2.48. The minimum absolute atomic E-state index is 0.0935. The van der Waals surface area contributed by atoms with Gasteiger partial charge in [-0.1, -0.05) is 6.07 Å². The highest BCUT2D eigenvalue weighted by Gasteiger charge is 2.10. The van der Waals surface area contributed by atoms with Gasteiger partial charge in [0.2, 0.25) is 11.8 Å². The molecular formula is C12H17N3O2. The Morgan fingerprint density at radius 2 is 2.06 bits per heavy atom. The Morgan fingerprint density at radius 1 is 1.35 bits per heavy atom. The molecule has 0 saturated heterocycles. The average Bonchev–Trinajstić information content (AvgIpc) is 2.28. The highest BCUT2D eigenvalue weighted by molar-refractivity contribution is 5.98. The minimum Gasteiger partial charge on any atom is -0.366 e. The van der Waals surface area contributed by atoms with Crippen LogP contribution in [0.15, 0.2) is 18.2 Å². The molecule has 0 radical (unpaired) electrons. The van der Waals surface area contributed by atoms with Crippen molar-refractivity contribution in [3.8, 4) is 0 Å². The third-order valence-electron chi connectivity index (χ3n) is 2.48. The highest BCUT2D eigenvalue weighted by atomic mass is 16.2. The van der Waals surface area contributed by atoms with Crippen molar-refractivity contribution in [3.05, 3.63) is 29.3 Å². The topological polar surface area (TPSA) is 84.2 Å². The van der Waals surface area contributed by atoms with Gasteiger partial charge in [0.15, 0.2) is 0 Å². The van der Waals surface area contributed by atoms with Crippen molar-refractivity contribution in [1.82, 2.24) is 5.32 Å². The molecule has 0 aliphatic heterocycles. The van der Waals surface area contributed by atoms with Gasteiger partial charge >= 0.3 is 0 Å². The first-order valence-corrected chi connectivity index (χ1v) is 5.40. The molecule has 1 aromatic carbocycles. The monoisotopic (exact) mass is 235 g/mol. The summed E-state index contributed by atoms with van der Waals surface area (Å²) in [4.78, 5) is 22.7. The van der Waals surface area contributed by atoms with Crippen LogP contribution >= 0.6 is 0 Å². The predicted molar refractivity (Wildman–Crippen MR) is 66.9 cm³/mol. The molecule has 0 atom stereocenters. The molecule has 0 spiro atoms. The van der Waals surface area contributed by atoms with Gasteiger partial charge in [0.25, 0.3) is 0 Å². The van der Waals surface area contributed by atoms with Crippen molar-refractivity contribution in [2.45, 2.75) is 13.3 Å². The summed E-state index contributed by atoms with van der Waals surface area (Å²) in [5, 5.41) is 5.65. The second-order valence-corrected chi connectivity index (χ2v) is 3.74. The molecule has 92 valence electrons. The van der Waals surface area contributed by atoms with E-state index in [0.717, 1.165) is 0 Å². The van der Waals surface area contributed by atoms with E-state index >= 15 is 0 Å². The van der Waals surface area contributed by atoms with Crippen LogP contribution in [0.5, 0.6) is 0 Å². The molecule has 5 heteroatoms. The zero-order chi connectivity index (χ0) is 12.8. The Hall–Kier alpha value is -1.88. The van der Waals surface area contributed by atoms with Crippen LogP contribution in [0.2, 0.25) is 0 Å². The zero-order valence-electron chi connectivity index (χ0n) is 10.0. The number of nitrogens with one attached hydrogen (secondary N) is 2. The number of carbonyl (C=O) groups is 2. The molecule has 0 saturated carbocycles. The lowest BCUT2D eigenvalue weighted by Gasteiger charge is -2.10. The molecule has 0 unspecified atom stereocenters. The zero-order valence-corrected chi connectivity index (χ0v) is 10.0. The van der Waals surface area contributed by atoms with E-state index in [-0.39, 0.29) is 5.91 Å². The summed E-state index contributed by atoms with van der Waals surface area (Å²) in [7, 11) is 1.78. The van der Waals surface area contributed by atoms with Crippen LogP contribution in [0.4, 0.5) is 5.69 Å². The SMILES string of the molecule is CNCCC(=O)Nc1cccc(C(N)=O)c1C. The van der Waals surface area contributed by atoms with E-state index in [9.17, 15) is 9.59 Å². The fourth-order valence-corrected chi connectivity index (χ4v) is 1.49. The smallest absolute Gasteiger partial charge is 0.249 e. The van der Waals surface area contributed by atoms with Crippen LogP contribution in [0.3, 0.4) is 0 Å². The summed E-state index contributed by atoms with van der Waals surface area (Å²) in [5.74, 6) is -0.585. The molecule has 2 amide bonds. The number of rotatable bonds is 5. The Bertz CT molecular complexity index is 430. The van der Waals surface area contributed by atoms with Crippen LogP contribution in [0.25, 0.3) is 0 Å². The lowest BCUT2D eigenvalue weighted by molar-refractivity contribution is -0.116. The molecule has 0 aliphatic carbocycles. The van der Waals surface area contributed by atoms with E-state index in [1.54, 1.807) is 32.2 Å². The maximum atomic E-state index is 11.5. The van der Waals surface area contributed by atoms with Crippen LogP contribution < -0.4 is 16.4 Å². The predicted octanol–water partition coefficient (Wildman–Crippen LogP) is 0.642. The van der Waals surface area contributed by atoms with E-state index < -0.39 is 5.91 Å². The lowest BCUT2D eigenvalue weighted by Crippen LogP contribution is -2.20. The van der Waals surface area contributed by atoms with Crippen LogP contribution in [0, 0.1) is 6.92 Å². The van der Waals surface area contributed by atoms with E-state index in [2.05, 4.69) is 10.6 Å². The summed E-state index contributed by atoms with van der Waals surface area (Å²) >= 11 is 0. The fourth-order valence-electron chi connectivity index (χ4n) is 1.49. The van der Waals surface area contributed by atoms with Crippen molar-refractivity contribution in [2.24, 2.45) is 5.73 Å². The number of nitrogens with two attached hydrogens (primary N) is 1. The fraction of sp³-hybridized carbons (Fsp3) is 0.333. The molecule has 4 N–H and O–H groups in total. The summed E-state index contributed by atoms with van der Waals surface area (Å²) in [6.45, 7) is 2.37. The molecule has 5 nitrogen and oxygen atoms in total. The first-order chi connectivity index (χ1) is 8.06. The van der Waals surface area contributed by atoms with Gasteiger partial charge in [-0.15, -0.1) is 0 Å². The van der Waals surface area contributed by atoms with E-state index in [1.807, 2.05) is 0 Å². The molecule has 1 aromatic rings. The quantitative estimate of drug-likeness (QED) is 0.700. The van der Waals surface area contributed by atoms with Crippen molar-refractivity contribution >= 4 is 17.5 Å². The molecule has 0 aromatic heterocycles. The first-order valence-electron chi connectivity index (χ1n) is 5.40. The van der Waals surface area contributed by atoms with Gasteiger partial charge in [-0.3, -0.25) is 9.59 Å². The van der Waals surface area contributed by atoms with Crippen molar-refractivity contribution < 1.29 is 9.59 Å².